The third kappa shape index (κ3) is 4.64. The van der Waals surface area contributed by atoms with Gasteiger partial charge in [0.15, 0.2) is 28.5 Å². The number of nitrogens with one attached hydrogen (secondary N) is 1. The van der Waals surface area contributed by atoms with Crippen LogP contribution in [0.25, 0.3) is 11.2 Å². The van der Waals surface area contributed by atoms with Gasteiger partial charge in [-0.2, -0.15) is 0 Å². The van der Waals surface area contributed by atoms with Crippen molar-refractivity contribution in [3.63, 3.8) is 0 Å². The largest absolute Gasteiger partial charge is 0.493 e. The van der Waals surface area contributed by atoms with E-state index >= 15 is 0 Å². The number of aromatic nitrogens is 5. The molecule has 3 aromatic heterocycles. The summed E-state index contributed by atoms with van der Waals surface area (Å²) >= 11 is 0. The smallest absolute Gasteiger partial charge is 0.208 e. The van der Waals surface area contributed by atoms with Gasteiger partial charge in [0.1, 0.15) is 12.1 Å². The van der Waals surface area contributed by atoms with Gasteiger partial charge in [0, 0.05) is 56.2 Å². The third-order valence-corrected chi connectivity index (χ3v) is 6.44. The maximum atomic E-state index is 5.51. The zero-order valence-electron chi connectivity index (χ0n) is 21.8. The Kier molecular flexibility index (Phi) is 6.85. The summed E-state index contributed by atoms with van der Waals surface area (Å²) in [5, 5.41) is 3.38. The van der Waals surface area contributed by atoms with Crippen LogP contribution in [0, 0.1) is 0 Å². The minimum Gasteiger partial charge on any atom is -0.493 e. The molecule has 11 nitrogen and oxygen atoms in total. The number of rotatable bonds is 8. The summed E-state index contributed by atoms with van der Waals surface area (Å²) < 4.78 is 18.6. The van der Waals surface area contributed by atoms with E-state index in [1.54, 1.807) is 27.7 Å². The molecular formula is C26H32N8O3. The number of nitrogens with zero attached hydrogens (tertiary/aromatic N) is 7. The quantitative estimate of drug-likeness (QED) is 0.380. The molecule has 4 aromatic rings. The van der Waals surface area contributed by atoms with Crippen LogP contribution in [0.1, 0.15) is 19.9 Å². The van der Waals surface area contributed by atoms with E-state index in [1.807, 2.05) is 30.5 Å². The van der Waals surface area contributed by atoms with Crippen molar-refractivity contribution in [2.24, 2.45) is 0 Å². The Morgan fingerprint density at radius 2 is 1.57 bits per heavy atom. The highest BCUT2D eigenvalue weighted by Crippen LogP contribution is 2.41. The fraction of sp³-hybridized carbons (Fsp3) is 0.385. The average Bonchev–Trinajstić information content (AvgIpc) is 3.34. The van der Waals surface area contributed by atoms with Crippen LogP contribution in [0.15, 0.2) is 42.9 Å². The summed E-state index contributed by atoms with van der Waals surface area (Å²) in [7, 11) is 4.76. The van der Waals surface area contributed by atoms with Gasteiger partial charge in [0.2, 0.25) is 11.7 Å². The van der Waals surface area contributed by atoms with Crippen molar-refractivity contribution in [1.29, 1.82) is 0 Å². The Balaban J connectivity index is 1.47. The van der Waals surface area contributed by atoms with Crippen LogP contribution >= 0.6 is 0 Å². The lowest BCUT2D eigenvalue weighted by Gasteiger charge is -2.36. The van der Waals surface area contributed by atoms with Gasteiger partial charge in [0.25, 0.3) is 0 Å². The molecule has 0 atom stereocenters. The van der Waals surface area contributed by atoms with Gasteiger partial charge >= 0.3 is 0 Å². The summed E-state index contributed by atoms with van der Waals surface area (Å²) in [5.74, 6) is 4.12. The van der Waals surface area contributed by atoms with E-state index in [0.717, 1.165) is 49.3 Å². The highest BCUT2D eigenvalue weighted by Gasteiger charge is 2.26. The van der Waals surface area contributed by atoms with Gasteiger partial charge in [0.05, 0.1) is 21.3 Å². The average molecular weight is 505 g/mol. The summed E-state index contributed by atoms with van der Waals surface area (Å²) in [5.41, 5.74) is 2.22. The van der Waals surface area contributed by atoms with E-state index in [4.69, 9.17) is 19.2 Å². The molecule has 1 saturated heterocycles. The van der Waals surface area contributed by atoms with Crippen molar-refractivity contribution < 1.29 is 14.2 Å². The normalized spacial score (nSPS) is 13.8. The summed E-state index contributed by atoms with van der Waals surface area (Å²) in [6.45, 7) is 7.67. The lowest BCUT2D eigenvalue weighted by atomic mass is 10.2. The molecule has 0 spiro atoms. The fourth-order valence-electron chi connectivity index (χ4n) is 4.65. The van der Waals surface area contributed by atoms with E-state index in [9.17, 15) is 0 Å². The second kappa shape index (κ2) is 10.4. The second-order valence-electron chi connectivity index (χ2n) is 8.97. The number of methoxy groups -OCH3 is 3. The number of pyridine rings is 1. The van der Waals surface area contributed by atoms with Crippen LogP contribution in [-0.2, 0) is 0 Å². The third-order valence-electron chi connectivity index (χ3n) is 6.44. The molecule has 1 N–H and O–H groups in total. The summed E-state index contributed by atoms with van der Waals surface area (Å²) in [6, 6.07) is 9.86. The molecule has 1 aliphatic rings. The molecule has 0 bridgehead atoms. The Hall–Kier alpha value is -4.28. The van der Waals surface area contributed by atoms with E-state index in [1.165, 1.54) is 0 Å². The number of piperazine rings is 1. The SMILES string of the molecule is COc1cc(Nc2ncnc3c2nc(N2CCN(c4ccccn4)CC2)n3C(C)C)cc(OC)c1OC. The predicted molar refractivity (Wildman–Crippen MR) is 144 cm³/mol. The first-order valence-electron chi connectivity index (χ1n) is 12.2. The van der Waals surface area contributed by atoms with E-state index in [0.29, 0.717) is 28.6 Å². The van der Waals surface area contributed by atoms with E-state index < -0.39 is 0 Å². The topological polar surface area (TPSA) is 103 Å². The second-order valence-corrected chi connectivity index (χ2v) is 8.97. The van der Waals surface area contributed by atoms with Gasteiger partial charge in [-0.05, 0) is 26.0 Å². The number of ether oxygens (including phenoxy) is 3. The molecule has 0 unspecified atom stereocenters. The maximum Gasteiger partial charge on any atom is 0.208 e. The Morgan fingerprint density at radius 3 is 2.16 bits per heavy atom. The number of anilines is 4. The van der Waals surface area contributed by atoms with Gasteiger partial charge in [-0.3, -0.25) is 4.57 Å². The van der Waals surface area contributed by atoms with Crippen LogP contribution in [-0.4, -0.2) is 72.0 Å². The molecule has 194 valence electrons. The molecule has 1 aromatic carbocycles. The highest BCUT2D eigenvalue weighted by atomic mass is 16.5. The molecule has 1 aliphatic heterocycles. The van der Waals surface area contributed by atoms with Gasteiger partial charge < -0.3 is 29.3 Å². The Labute approximate surface area is 216 Å². The Bertz CT molecular complexity index is 1340. The summed E-state index contributed by atoms with van der Waals surface area (Å²) in [6.07, 6.45) is 3.40. The zero-order chi connectivity index (χ0) is 25.9. The standard InChI is InChI=1S/C26H32N8O3/c1-17(2)34-25-22(31-26(34)33-12-10-32(11-13-33)21-8-6-7-9-27-21)24(28-16-29-25)30-18-14-19(35-3)23(37-5)20(15-18)36-4/h6-9,14-17H,10-13H2,1-5H3,(H,28,29,30). The lowest BCUT2D eigenvalue weighted by Crippen LogP contribution is -2.47. The Morgan fingerprint density at radius 1 is 0.865 bits per heavy atom. The number of imidazole rings is 1. The lowest BCUT2D eigenvalue weighted by molar-refractivity contribution is 0.324. The molecule has 4 heterocycles. The first kappa shape index (κ1) is 24.4. The van der Waals surface area contributed by atoms with Gasteiger partial charge in [-0.15, -0.1) is 0 Å². The molecule has 0 saturated carbocycles. The van der Waals surface area contributed by atoms with Crippen LogP contribution in [0.5, 0.6) is 17.2 Å². The molecule has 0 radical (unpaired) electrons. The molecule has 5 rings (SSSR count). The fourth-order valence-corrected chi connectivity index (χ4v) is 4.65. The number of benzene rings is 1. The van der Waals surface area contributed by atoms with Crippen molar-refractivity contribution in [2.75, 3.05) is 62.6 Å². The van der Waals surface area contributed by atoms with Crippen LogP contribution in [0.2, 0.25) is 0 Å². The van der Waals surface area contributed by atoms with E-state index in [-0.39, 0.29) is 6.04 Å². The monoisotopic (exact) mass is 504 g/mol. The zero-order valence-corrected chi connectivity index (χ0v) is 21.8. The maximum absolute atomic E-state index is 5.51. The molecular weight excluding hydrogens is 472 g/mol. The molecule has 0 aliphatic carbocycles. The van der Waals surface area contributed by atoms with Crippen LogP contribution in [0.3, 0.4) is 0 Å². The van der Waals surface area contributed by atoms with Crippen molar-refractivity contribution in [1.82, 2.24) is 24.5 Å². The number of fused-ring (bicyclic) bond motifs is 1. The molecule has 0 amide bonds. The van der Waals surface area contributed by atoms with Crippen molar-refractivity contribution >= 4 is 34.4 Å². The van der Waals surface area contributed by atoms with Crippen molar-refractivity contribution in [2.45, 2.75) is 19.9 Å². The first-order valence-corrected chi connectivity index (χ1v) is 12.2. The minimum absolute atomic E-state index is 0.165. The molecule has 11 heteroatoms. The van der Waals surface area contributed by atoms with Gasteiger partial charge in [-0.1, -0.05) is 6.07 Å². The highest BCUT2D eigenvalue weighted by molar-refractivity contribution is 5.88. The number of hydrogen-bond acceptors (Lipinski definition) is 10. The van der Waals surface area contributed by atoms with Crippen LogP contribution < -0.4 is 29.3 Å². The van der Waals surface area contributed by atoms with Crippen molar-refractivity contribution in [3.05, 3.63) is 42.9 Å². The molecule has 1 fully saturated rings. The summed E-state index contributed by atoms with van der Waals surface area (Å²) in [4.78, 5) is 23.3. The van der Waals surface area contributed by atoms with E-state index in [2.05, 4.69) is 54.5 Å². The predicted octanol–water partition coefficient (Wildman–Crippen LogP) is 3.90. The molecule has 37 heavy (non-hydrogen) atoms. The van der Waals surface area contributed by atoms with Crippen LogP contribution in [0.4, 0.5) is 23.3 Å². The number of hydrogen-bond donors (Lipinski definition) is 1. The first-order chi connectivity index (χ1) is 18.0. The minimum atomic E-state index is 0.165. The van der Waals surface area contributed by atoms with Gasteiger partial charge in [-0.25, -0.2) is 19.9 Å². The van der Waals surface area contributed by atoms with Crippen molar-refractivity contribution in [3.8, 4) is 17.2 Å².